The fourth-order valence-electron chi connectivity index (χ4n) is 5.99. The molecule has 206 valence electrons. The number of rotatable bonds is 8. The summed E-state index contributed by atoms with van der Waals surface area (Å²) < 4.78 is 13.7. The van der Waals surface area contributed by atoms with Crippen LogP contribution in [0.15, 0.2) is 27.7 Å². The summed E-state index contributed by atoms with van der Waals surface area (Å²) in [5, 5.41) is 6.73. The van der Waals surface area contributed by atoms with Crippen molar-refractivity contribution in [2.24, 2.45) is 17.8 Å². The predicted molar refractivity (Wildman–Crippen MR) is 147 cm³/mol. The fourth-order valence-corrected chi connectivity index (χ4v) is 6.17. The molecule has 4 heterocycles. The van der Waals surface area contributed by atoms with E-state index in [1.54, 1.807) is 12.4 Å². The van der Waals surface area contributed by atoms with Crippen LogP contribution in [0.3, 0.4) is 0 Å². The number of hydrogen-bond donors (Lipinski definition) is 1. The van der Waals surface area contributed by atoms with Gasteiger partial charge in [-0.05, 0) is 49.5 Å². The number of hydrogen-bond acceptors (Lipinski definition) is 8. The minimum absolute atomic E-state index is 0.00375. The Morgan fingerprint density at radius 3 is 2.62 bits per heavy atom. The first-order chi connectivity index (χ1) is 19.0. The fraction of sp³-hybridized carbons (Fsp3) is 0.571. The van der Waals surface area contributed by atoms with Crippen molar-refractivity contribution in [2.45, 2.75) is 77.9 Å². The lowest BCUT2D eigenvalue weighted by molar-refractivity contribution is 0.0678. The van der Waals surface area contributed by atoms with Crippen LogP contribution in [0, 0.1) is 17.8 Å². The molecule has 4 aromatic rings. The highest BCUT2D eigenvalue weighted by Crippen LogP contribution is 2.34. The van der Waals surface area contributed by atoms with Gasteiger partial charge in [0.2, 0.25) is 5.82 Å². The third-order valence-corrected chi connectivity index (χ3v) is 8.38. The molecule has 2 fully saturated rings. The van der Waals surface area contributed by atoms with Gasteiger partial charge in [0.15, 0.2) is 5.65 Å². The highest BCUT2D eigenvalue weighted by atomic mass is 35.5. The van der Waals surface area contributed by atoms with E-state index in [2.05, 4.69) is 31.7 Å². The lowest BCUT2D eigenvalue weighted by atomic mass is 9.83. The van der Waals surface area contributed by atoms with Crippen LogP contribution >= 0.6 is 11.6 Å². The van der Waals surface area contributed by atoms with Gasteiger partial charge in [-0.3, -0.25) is 4.98 Å². The van der Waals surface area contributed by atoms with Gasteiger partial charge >= 0.3 is 5.76 Å². The standard InChI is InChI=1S/C28H34ClN7O3/c1-17-7-9-18(10-8-17)14-36-22(16-38-15-19-5-3-2-4-6-19)31-25-24(36)23(20-11-21(29)13-30-12-20)32-26(33-25)27-34-35-28(37)39-27/h11-13,17-19H,2-10,14-16H2,1H3,(H,35,37). The summed E-state index contributed by atoms with van der Waals surface area (Å²) in [5.41, 5.74) is 2.64. The van der Waals surface area contributed by atoms with Gasteiger partial charge in [0, 0.05) is 31.1 Å². The number of nitrogens with one attached hydrogen (secondary N) is 1. The molecule has 2 aliphatic carbocycles. The van der Waals surface area contributed by atoms with Crippen molar-refractivity contribution in [3.05, 3.63) is 39.9 Å². The van der Waals surface area contributed by atoms with E-state index in [9.17, 15) is 4.79 Å². The topological polar surface area (TPSA) is 125 Å². The van der Waals surface area contributed by atoms with Crippen LogP contribution in [0.4, 0.5) is 0 Å². The average molecular weight is 552 g/mol. The van der Waals surface area contributed by atoms with Gasteiger partial charge in [-0.1, -0.05) is 50.6 Å². The number of halogens is 1. The number of fused-ring (bicyclic) bond motifs is 1. The highest BCUT2D eigenvalue weighted by molar-refractivity contribution is 6.30. The number of nitrogens with zero attached hydrogens (tertiary/aromatic N) is 6. The number of aromatic amines is 1. The molecule has 0 aromatic carbocycles. The predicted octanol–water partition coefficient (Wildman–Crippen LogP) is 5.81. The van der Waals surface area contributed by atoms with Gasteiger partial charge < -0.3 is 13.7 Å². The van der Waals surface area contributed by atoms with Crippen LogP contribution in [-0.2, 0) is 17.9 Å². The quantitative estimate of drug-likeness (QED) is 0.291. The van der Waals surface area contributed by atoms with E-state index < -0.39 is 5.76 Å². The third-order valence-electron chi connectivity index (χ3n) is 8.18. The van der Waals surface area contributed by atoms with E-state index in [0.717, 1.165) is 36.0 Å². The van der Waals surface area contributed by atoms with Crippen molar-refractivity contribution in [2.75, 3.05) is 6.61 Å². The molecular weight excluding hydrogens is 518 g/mol. The maximum atomic E-state index is 11.7. The van der Waals surface area contributed by atoms with Crippen LogP contribution in [0.25, 0.3) is 34.1 Å². The molecule has 0 unspecified atom stereocenters. The molecule has 2 saturated carbocycles. The molecule has 0 saturated heterocycles. The van der Waals surface area contributed by atoms with E-state index in [1.165, 1.54) is 57.8 Å². The van der Waals surface area contributed by atoms with Gasteiger partial charge in [-0.15, -0.1) is 5.10 Å². The summed E-state index contributed by atoms with van der Waals surface area (Å²) in [6.45, 7) is 4.29. The zero-order valence-corrected chi connectivity index (χ0v) is 23.0. The van der Waals surface area contributed by atoms with Crippen molar-refractivity contribution < 1.29 is 9.15 Å². The first kappa shape index (κ1) is 26.1. The number of aromatic nitrogens is 7. The van der Waals surface area contributed by atoms with Crippen molar-refractivity contribution in [3.63, 3.8) is 0 Å². The second-order valence-corrected chi connectivity index (χ2v) is 11.6. The molecule has 10 nitrogen and oxygen atoms in total. The lowest BCUT2D eigenvalue weighted by Crippen LogP contribution is -2.20. The Morgan fingerprint density at radius 2 is 1.87 bits per heavy atom. The molecule has 0 radical (unpaired) electrons. The van der Waals surface area contributed by atoms with Gasteiger partial charge in [0.25, 0.3) is 5.89 Å². The Morgan fingerprint density at radius 1 is 1.05 bits per heavy atom. The van der Waals surface area contributed by atoms with Gasteiger partial charge in [0.05, 0.1) is 5.02 Å². The van der Waals surface area contributed by atoms with Crippen LogP contribution in [-0.4, -0.2) is 41.3 Å². The highest BCUT2D eigenvalue weighted by Gasteiger charge is 2.26. The molecule has 0 amide bonds. The third kappa shape index (κ3) is 5.91. The molecule has 39 heavy (non-hydrogen) atoms. The molecule has 4 aromatic heterocycles. The summed E-state index contributed by atoms with van der Waals surface area (Å²) in [4.78, 5) is 30.4. The average Bonchev–Trinajstić information content (AvgIpc) is 3.53. The molecule has 0 bridgehead atoms. The van der Waals surface area contributed by atoms with Gasteiger partial charge in [-0.2, -0.15) is 0 Å². The Kier molecular flexibility index (Phi) is 7.74. The van der Waals surface area contributed by atoms with Crippen LogP contribution in [0.1, 0.15) is 70.5 Å². The Balaban J connectivity index is 1.43. The van der Waals surface area contributed by atoms with E-state index in [0.29, 0.717) is 34.8 Å². The normalized spacial score (nSPS) is 20.6. The molecule has 0 spiro atoms. The number of pyridine rings is 1. The Labute approximate surface area is 231 Å². The minimum Gasteiger partial charge on any atom is -0.384 e. The van der Waals surface area contributed by atoms with E-state index in [1.807, 2.05) is 6.07 Å². The van der Waals surface area contributed by atoms with Crippen molar-refractivity contribution in [3.8, 4) is 23.0 Å². The van der Waals surface area contributed by atoms with Crippen LogP contribution in [0.5, 0.6) is 0 Å². The number of imidazole rings is 1. The zero-order valence-electron chi connectivity index (χ0n) is 22.2. The largest absolute Gasteiger partial charge is 0.434 e. The molecule has 0 aliphatic heterocycles. The van der Waals surface area contributed by atoms with E-state index in [-0.39, 0.29) is 11.7 Å². The second kappa shape index (κ2) is 11.6. The first-order valence-corrected chi connectivity index (χ1v) is 14.4. The van der Waals surface area contributed by atoms with Crippen molar-refractivity contribution in [1.82, 2.24) is 34.7 Å². The Bertz CT molecular complexity index is 1480. The molecule has 1 N–H and O–H groups in total. The monoisotopic (exact) mass is 551 g/mol. The van der Waals surface area contributed by atoms with Gasteiger partial charge in [0.1, 0.15) is 23.6 Å². The van der Waals surface area contributed by atoms with E-state index >= 15 is 0 Å². The van der Waals surface area contributed by atoms with E-state index in [4.69, 9.17) is 30.7 Å². The van der Waals surface area contributed by atoms with Crippen molar-refractivity contribution in [1.29, 1.82) is 0 Å². The Hall–Kier alpha value is -3.11. The lowest BCUT2D eigenvalue weighted by Gasteiger charge is -2.27. The molecule has 11 heteroatoms. The van der Waals surface area contributed by atoms with Crippen LogP contribution in [0.2, 0.25) is 5.02 Å². The summed E-state index contributed by atoms with van der Waals surface area (Å²) >= 11 is 6.34. The van der Waals surface area contributed by atoms with Gasteiger partial charge in [-0.25, -0.2) is 24.8 Å². The minimum atomic E-state index is -0.673. The summed E-state index contributed by atoms with van der Waals surface area (Å²) in [6.07, 6.45) is 14.5. The maximum absolute atomic E-state index is 11.7. The summed E-state index contributed by atoms with van der Waals surface area (Å²) in [5.74, 6) is 2.23. The number of H-pyrrole nitrogens is 1. The smallest absolute Gasteiger partial charge is 0.384 e. The maximum Gasteiger partial charge on any atom is 0.434 e. The molecule has 0 atom stereocenters. The summed E-state index contributed by atoms with van der Waals surface area (Å²) in [6, 6.07) is 1.82. The van der Waals surface area contributed by atoms with Crippen molar-refractivity contribution >= 4 is 22.8 Å². The number of ether oxygens (including phenoxy) is 1. The molecule has 6 rings (SSSR count). The molecular formula is C28H34ClN7O3. The first-order valence-electron chi connectivity index (χ1n) is 14.0. The SMILES string of the molecule is CC1CCC(Cn2c(COCC3CCCCC3)nc3nc(-c4n[nH]c(=O)o4)nc(-c4cncc(Cl)c4)c32)CC1. The molecule has 2 aliphatic rings. The zero-order chi connectivity index (χ0) is 26.8. The second-order valence-electron chi connectivity index (χ2n) is 11.2. The van der Waals surface area contributed by atoms with Crippen LogP contribution < -0.4 is 5.76 Å². The summed E-state index contributed by atoms with van der Waals surface area (Å²) in [7, 11) is 0.